The van der Waals surface area contributed by atoms with Crippen molar-refractivity contribution in [3.05, 3.63) is 99.5 Å². The highest BCUT2D eigenvalue weighted by Crippen LogP contribution is 2.28. The monoisotopic (exact) mass is 433 g/mol. The van der Waals surface area contributed by atoms with Crippen molar-refractivity contribution >= 4 is 51.5 Å². The molecule has 0 aliphatic rings. The van der Waals surface area contributed by atoms with Crippen LogP contribution in [0.2, 0.25) is 10.0 Å². The smallest absolute Gasteiger partial charge is 0.261 e. The van der Waals surface area contributed by atoms with E-state index in [-0.39, 0.29) is 11.1 Å². The number of rotatable bonds is 3. The largest absolute Gasteiger partial charge is 0.436 e. The zero-order valence-electron chi connectivity index (χ0n) is 15.4. The van der Waals surface area contributed by atoms with E-state index in [0.717, 1.165) is 0 Å². The number of benzene rings is 3. The lowest BCUT2D eigenvalue weighted by molar-refractivity contribution is 0.102. The molecule has 0 radical (unpaired) electrons. The molecule has 0 atom stereocenters. The summed E-state index contributed by atoms with van der Waals surface area (Å²) < 4.78 is 5.91. The van der Waals surface area contributed by atoms with Gasteiger partial charge in [-0.1, -0.05) is 47.5 Å². The molecule has 1 heterocycles. The third-order valence-electron chi connectivity index (χ3n) is 4.25. The van der Waals surface area contributed by atoms with Gasteiger partial charge in [-0.2, -0.15) is 5.26 Å². The van der Waals surface area contributed by atoms with E-state index in [9.17, 15) is 4.79 Å². The molecule has 0 aliphatic carbocycles. The first kappa shape index (κ1) is 19.7. The van der Waals surface area contributed by atoms with Crippen LogP contribution in [0.4, 0.5) is 11.4 Å². The number of nitrogens with one attached hydrogen (secondary N) is 1. The van der Waals surface area contributed by atoms with Crippen molar-refractivity contribution in [3.8, 4) is 6.07 Å². The number of hydrogen-bond donors (Lipinski definition) is 1. The van der Waals surface area contributed by atoms with Crippen LogP contribution < -0.4 is 10.9 Å². The number of carbonyl (C=O) groups is 1. The highest BCUT2D eigenvalue weighted by molar-refractivity contribution is 6.38. The van der Waals surface area contributed by atoms with Gasteiger partial charge in [-0.25, -0.2) is 4.99 Å². The van der Waals surface area contributed by atoms with Crippen LogP contribution >= 0.6 is 23.2 Å². The van der Waals surface area contributed by atoms with Crippen molar-refractivity contribution in [1.82, 2.24) is 0 Å². The van der Waals surface area contributed by atoms with E-state index in [4.69, 9.17) is 32.9 Å². The summed E-state index contributed by atoms with van der Waals surface area (Å²) in [5.74, 6) is -0.405. The van der Waals surface area contributed by atoms with Gasteiger partial charge in [0.2, 0.25) is 5.55 Å². The van der Waals surface area contributed by atoms with E-state index >= 15 is 0 Å². The second-order valence-corrected chi connectivity index (χ2v) is 7.21. The van der Waals surface area contributed by atoms with Crippen LogP contribution in [-0.4, -0.2) is 5.91 Å². The summed E-state index contributed by atoms with van der Waals surface area (Å²) in [6, 6.07) is 22.6. The Morgan fingerprint density at radius 1 is 1.00 bits per heavy atom. The predicted molar refractivity (Wildman–Crippen MR) is 117 cm³/mol. The van der Waals surface area contributed by atoms with Crippen molar-refractivity contribution < 1.29 is 9.21 Å². The zero-order chi connectivity index (χ0) is 21.1. The molecule has 1 amide bonds. The molecule has 4 aromatic rings. The molecule has 0 fully saturated rings. The molecule has 0 spiro atoms. The summed E-state index contributed by atoms with van der Waals surface area (Å²) in [5, 5.41) is 13.2. The molecule has 0 aliphatic heterocycles. The quantitative estimate of drug-likeness (QED) is 0.424. The highest BCUT2D eigenvalue weighted by Gasteiger charge is 2.15. The van der Waals surface area contributed by atoms with Gasteiger partial charge in [0.05, 0.1) is 22.3 Å². The first-order valence-corrected chi connectivity index (χ1v) is 9.63. The summed E-state index contributed by atoms with van der Waals surface area (Å²) in [7, 11) is 0. The molecular weight excluding hydrogens is 421 g/mol. The van der Waals surface area contributed by atoms with E-state index in [1.165, 1.54) is 0 Å². The molecule has 7 heteroatoms. The third-order valence-corrected chi connectivity index (χ3v) is 4.75. The standard InChI is InChI=1S/C23H13Cl2N3O2/c24-16-10-15-11-19(22(29)27-17-6-2-1-3-7-17)23(30-21(15)20(25)12-16)28-18-8-4-5-14(9-18)13-26/h1-12H,(H,27,29). The third kappa shape index (κ3) is 4.20. The lowest BCUT2D eigenvalue weighted by Crippen LogP contribution is -2.21. The summed E-state index contributed by atoms with van der Waals surface area (Å²) in [4.78, 5) is 17.5. The SMILES string of the molecule is N#Cc1cccc(N=c2oc3c(Cl)cc(Cl)cc3cc2C(=O)Nc2ccccc2)c1. The number of fused-ring (bicyclic) bond motifs is 1. The van der Waals surface area contributed by atoms with Crippen LogP contribution in [0, 0.1) is 11.3 Å². The molecule has 0 bridgehead atoms. The van der Waals surface area contributed by atoms with E-state index in [1.807, 2.05) is 18.2 Å². The van der Waals surface area contributed by atoms with Crippen molar-refractivity contribution in [3.63, 3.8) is 0 Å². The number of amides is 1. The fourth-order valence-corrected chi connectivity index (χ4v) is 3.44. The number of halogens is 2. The first-order valence-electron chi connectivity index (χ1n) is 8.88. The van der Waals surface area contributed by atoms with Gasteiger partial charge in [0.25, 0.3) is 5.91 Å². The molecule has 4 rings (SSSR count). The Morgan fingerprint density at radius 3 is 2.57 bits per heavy atom. The fourth-order valence-electron chi connectivity index (χ4n) is 2.89. The number of nitrogens with zero attached hydrogens (tertiary/aromatic N) is 2. The summed E-state index contributed by atoms with van der Waals surface area (Å²) in [6.45, 7) is 0. The van der Waals surface area contributed by atoms with Crippen LogP contribution in [-0.2, 0) is 0 Å². The van der Waals surface area contributed by atoms with Crippen LogP contribution in [0.1, 0.15) is 15.9 Å². The Bertz CT molecular complexity index is 1370. The predicted octanol–water partition coefficient (Wildman–Crippen LogP) is 6.10. The average Bonchev–Trinajstić information content (AvgIpc) is 2.74. The Balaban J connectivity index is 1.92. The van der Waals surface area contributed by atoms with Crippen LogP contribution in [0.15, 0.2) is 82.2 Å². The van der Waals surface area contributed by atoms with Gasteiger partial charge >= 0.3 is 0 Å². The molecule has 5 nitrogen and oxygen atoms in total. The van der Waals surface area contributed by atoms with Crippen LogP contribution in [0.25, 0.3) is 11.0 Å². The van der Waals surface area contributed by atoms with E-state index < -0.39 is 5.91 Å². The second kappa shape index (κ2) is 8.42. The van der Waals surface area contributed by atoms with Gasteiger partial charge in [-0.05, 0) is 48.5 Å². The van der Waals surface area contributed by atoms with E-state index in [2.05, 4.69) is 16.4 Å². The molecule has 0 saturated heterocycles. The minimum Gasteiger partial charge on any atom is -0.436 e. The van der Waals surface area contributed by atoms with Gasteiger partial charge in [0.15, 0.2) is 5.58 Å². The topological polar surface area (TPSA) is 78.4 Å². The minimum absolute atomic E-state index is 0.0650. The number of nitriles is 1. The van der Waals surface area contributed by atoms with Crippen molar-refractivity contribution in [2.24, 2.45) is 4.99 Å². The molecule has 30 heavy (non-hydrogen) atoms. The highest BCUT2D eigenvalue weighted by atomic mass is 35.5. The lowest BCUT2D eigenvalue weighted by atomic mass is 10.1. The molecule has 0 unspecified atom stereocenters. The maximum Gasteiger partial charge on any atom is 0.261 e. The van der Waals surface area contributed by atoms with Gasteiger partial charge in [0.1, 0.15) is 5.56 Å². The Labute approximate surface area is 181 Å². The first-order chi connectivity index (χ1) is 14.5. The van der Waals surface area contributed by atoms with Crippen LogP contribution in [0.5, 0.6) is 0 Å². The number of anilines is 1. The van der Waals surface area contributed by atoms with Gasteiger partial charge in [-0.15, -0.1) is 0 Å². The molecule has 1 N–H and O–H groups in total. The Morgan fingerprint density at radius 2 is 1.80 bits per heavy atom. The number of hydrogen-bond acceptors (Lipinski definition) is 4. The minimum atomic E-state index is -0.405. The zero-order valence-corrected chi connectivity index (χ0v) is 16.9. The molecule has 3 aromatic carbocycles. The van der Waals surface area contributed by atoms with Crippen LogP contribution in [0.3, 0.4) is 0 Å². The van der Waals surface area contributed by atoms with Crippen molar-refractivity contribution in [2.45, 2.75) is 0 Å². The number of carbonyl (C=O) groups excluding carboxylic acids is 1. The molecule has 146 valence electrons. The summed E-state index contributed by atoms with van der Waals surface area (Å²) in [6.07, 6.45) is 0. The van der Waals surface area contributed by atoms with Gasteiger partial charge in [0, 0.05) is 16.1 Å². The normalized spacial score (nSPS) is 11.3. The molecular formula is C23H13Cl2N3O2. The number of para-hydroxylation sites is 1. The molecule has 0 saturated carbocycles. The van der Waals surface area contributed by atoms with E-state index in [1.54, 1.807) is 54.6 Å². The summed E-state index contributed by atoms with van der Waals surface area (Å²) >= 11 is 12.4. The lowest BCUT2D eigenvalue weighted by Gasteiger charge is -2.08. The van der Waals surface area contributed by atoms with Gasteiger partial charge in [-0.3, -0.25) is 4.79 Å². The second-order valence-electron chi connectivity index (χ2n) is 6.37. The van der Waals surface area contributed by atoms with Gasteiger partial charge < -0.3 is 9.73 Å². The maximum atomic E-state index is 13.0. The van der Waals surface area contributed by atoms with Crippen molar-refractivity contribution in [2.75, 3.05) is 5.32 Å². The maximum absolute atomic E-state index is 13.0. The van der Waals surface area contributed by atoms with Crippen molar-refractivity contribution in [1.29, 1.82) is 5.26 Å². The molecule has 1 aromatic heterocycles. The average molecular weight is 434 g/mol. The van der Waals surface area contributed by atoms with E-state index in [0.29, 0.717) is 38.0 Å². The Hall–Kier alpha value is -3.59. The summed E-state index contributed by atoms with van der Waals surface area (Å²) in [5.41, 5.74) is 2.16. The Kier molecular flexibility index (Phi) is 5.53. The fraction of sp³-hybridized carbons (Fsp3) is 0.